The average Bonchev–Trinajstić information content (AvgIpc) is 2.43. The molecule has 8 bridgehead atoms. The fourth-order valence-corrected chi connectivity index (χ4v) is 8.22. The molecule has 0 spiro atoms. The fourth-order valence-electron chi connectivity index (χ4n) is 8.22. The predicted octanol–water partition coefficient (Wildman–Crippen LogP) is 7.39. The molecular formula is C20H32Cl2FeN2-2. The SMILES string of the molecule is [Cl][Fe][Cl].[NH-]C12CC3CC(CC(C3)C1)C2.[NH-]C12CC3CC(CC(C3)C1)C2. The molecule has 0 atom stereocenters. The van der Waals surface area contributed by atoms with Gasteiger partial charge in [0.15, 0.2) is 0 Å². The molecule has 0 aromatic carbocycles. The summed E-state index contributed by atoms with van der Waals surface area (Å²) in [4.78, 5) is 0. The van der Waals surface area contributed by atoms with Gasteiger partial charge in [0.25, 0.3) is 0 Å². The van der Waals surface area contributed by atoms with Gasteiger partial charge < -0.3 is 11.5 Å². The standard InChI is InChI=1S/2C10H16N.2ClH.Fe/c2*11-10-4-7-1-8(5-10)3-9(2-7)6-10;;;/h2*7-9,11H,1-6H2;2*1H;/q2*-1;;;+2/p-2. The summed E-state index contributed by atoms with van der Waals surface area (Å²) in [5, 5.41) is 0. The van der Waals surface area contributed by atoms with Crippen LogP contribution in [-0.2, 0) is 13.1 Å². The van der Waals surface area contributed by atoms with E-state index in [0.717, 1.165) is 35.5 Å². The van der Waals surface area contributed by atoms with Crippen molar-refractivity contribution in [1.82, 2.24) is 0 Å². The van der Waals surface area contributed by atoms with E-state index in [9.17, 15) is 0 Å². The van der Waals surface area contributed by atoms with Crippen molar-refractivity contribution >= 4 is 20.2 Å². The van der Waals surface area contributed by atoms with E-state index < -0.39 is 0 Å². The van der Waals surface area contributed by atoms with E-state index >= 15 is 0 Å². The topological polar surface area (TPSA) is 47.6 Å². The molecule has 8 fully saturated rings. The molecule has 2 nitrogen and oxygen atoms in total. The van der Waals surface area contributed by atoms with Crippen molar-refractivity contribution in [2.45, 2.75) is 88.1 Å². The molecule has 5 heteroatoms. The van der Waals surface area contributed by atoms with Gasteiger partial charge >= 0.3 is 33.3 Å². The number of hydrogen-bond acceptors (Lipinski definition) is 0. The molecule has 0 radical (unpaired) electrons. The van der Waals surface area contributed by atoms with Crippen LogP contribution in [0.1, 0.15) is 77.0 Å². The molecule has 0 saturated heterocycles. The van der Waals surface area contributed by atoms with Crippen LogP contribution in [-0.4, -0.2) is 11.1 Å². The van der Waals surface area contributed by atoms with E-state index in [1.807, 2.05) is 0 Å². The summed E-state index contributed by atoms with van der Waals surface area (Å²) in [6.45, 7) is 0. The van der Waals surface area contributed by atoms with Crippen molar-refractivity contribution in [3.8, 4) is 0 Å². The van der Waals surface area contributed by atoms with Crippen molar-refractivity contribution in [3.05, 3.63) is 11.5 Å². The molecular weight excluding hydrogens is 395 g/mol. The van der Waals surface area contributed by atoms with Crippen LogP contribution < -0.4 is 0 Å². The number of rotatable bonds is 0. The summed E-state index contributed by atoms with van der Waals surface area (Å²) < 4.78 is 0. The van der Waals surface area contributed by atoms with Crippen LogP contribution in [0.25, 0.3) is 11.5 Å². The van der Waals surface area contributed by atoms with Gasteiger partial charge in [0.05, 0.1) is 0 Å². The molecule has 8 aliphatic rings. The second-order valence-corrected chi connectivity index (χ2v) is 12.3. The molecule has 8 aliphatic carbocycles. The zero-order valence-corrected chi connectivity index (χ0v) is 17.7. The molecule has 0 aromatic rings. The zero-order chi connectivity index (χ0) is 17.7. The summed E-state index contributed by atoms with van der Waals surface area (Å²) in [7, 11) is 9.53. The van der Waals surface area contributed by atoms with Crippen LogP contribution in [0, 0.1) is 35.5 Å². The van der Waals surface area contributed by atoms with Crippen LogP contribution in [0.4, 0.5) is 0 Å². The second-order valence-electron chi connectivity index (χ2n) is 10.4. The Morgan fingerprint density at radius 2 is 0.680 bits per heavy atom. The Balaban J connectivity index is 0.000000109. The Bertz CT molecular complexity index is 372. The Labute approximate surface area is 168 Å². The summed E-state index contributed by atoms with van der Waals surface area (Å²) >= 11 is 0.194. The molecule has 0 unspecified atom stereocenters. The van der Waals surface area contributed by atoms with E-state index in [2.05, 4.69) is 0 Å². The third kappa shape index (κ3) is 4.38. The van der Waals surface area contributed by atoms with Gasteiger partial charge in [-0.15, -0.1) is 11.1 Å². The van der Waals surface area contributed by atoms with E-state index in [1.54, 1.807) is 0 Å². The van der Waals surface area contributed by atoms with E-state index in [-0.39, 0.29) is 24.2 Å². The van der Waals surface area contributed by atoms with Crippen molar-refractivity contribution < 1.29 is 13.1 Å². The van der Waals surface area contributed by atoms with Gasteiger partial charge in [-0.1, -0.05) is 38.5 Å². The predicted molar refractivity (Wildman–Crippen MR) is 102 cm³/mol. The first-order valence-electron chi connectivity index (χ1n) is 10.2. The molecule has 146 valence electrons. The summed E-state index contributed by atoms with van der Waals surface area (Å²) in [6.07, 6.45) is 16.2. The van der Waals surface area contributed by atoms with Crippen LogP contribution in [0.5, 0.6) is 0 Å². The Kier molecular flexibility index (Phi) is 5.76. The maximum Gasteiger partial charge on any atom is -0.0420 e. The summed E-state index contributed by atoms with van der Waals surface area (Å²) in [5.74, 6) is 5.74. The summed E-state index contributed by atoms with van der Waals surface area (Å²) in [5.41, 5.74) is 16.5. The number of nitrogens with one attached hydrogen (secondary N) is 2. The maximum absolute atomic E-state index is 8.21. The molecule has 0 aliphatic heterocycles. The average molecular weight is 427 g/mol. The van der Waals surface area contributed by atoms with Crippen LogP contribution in [0.15, 0.2) is 0 Å². The fraction of sp³-hybridized carbons (Fsp3) is 1.00. The van der Waals surface area contributed by atoms with Crippen molar-refractivity contribution in [1.29, 1.82) is 0 Å². The smallest absolute Gasteiger partial charge is 0.0420 e. The Hall–Kier alpha value is 1.02. The first-order chi connectivity index (χ1) is 11.9. The first kappa shape index (κ1) is 19.3. The monoisotopic (exact) mass is 426 g/mol. The third-order valence-corrected chi connectivity index (χ3v) is 8.08. The Morgan fingerprint density at radius 3 is 0.800 bits per heavy atom. The first-order valence-corrected chi connectivity index (χ1v) is 13.3. The van der Waals surface area contributed by atoms with Crippen LogP contribution >= 0.6 is 20.2 Å². The van der Waals surface area contributed by atoms with Crippen molar-refractivity contribution in [3.63, 3.8) is 0 Å². The van der Waals surface area contributed by atoms with Gasteiger partial charge in [-0.3, -0.25) is 0 Å². The van der Waals surface area contributed by atoms with Crippen LogP contribution in [0.3, 0.4) is 0 Å². The van der Waals surface area contributed by atoms with Gasteiger partial charge in [0.2, 0.25) is 0 Å². The maximum atomic E-state index is 8.21. The molecule has 25 heavy (non-hydrogen) atoms. The number of hydrogen-bond donors (Lipinski definition) is 0. The van der Waals surface area contributed by atoms with Gasteiger partial charge in [-0.05, 0) is 74.0 Å². The summed E-state index contributed by atoms with van der Waals surface area (Å²) in [6, 6.07) is 0. The minimum absolute atomic E-state index is 0.0503. The molecule has 2 N–H and O–H groups in total. The minimum atomic E-state index is 0.0503. The molecule has 8 saturated carbocycles. The largest absolute Gasteiger partial charge is 0.672 e. The van der Waals surface area contributed by atoms with Gasteiger partial charge in [0.1, 0.15) is 0 Å². The zero-order valence-electron chi connectivity index (χ0n) is 15.1. The quantitative estimate of drug-likeness (QED) is 0.362. The molecule has 0 amide bonds. The van der Waals surface area contributed by atoms with Gasteiger partial charge in [0, 0.05) is 0 Å². The van der Waals surface area contributed by atoms with Gasteiger partial charge in [-0.2, -0.15) is 0 Å². The molecule has 8 rings (SSSR count). The van der Waals surface area contributed by atoms with Crippen LogP contribution in [0.2, 0.25) is 0 Å². The van der Waals surface area contributed by atoms with Gasteiger partial charge in [-0.25, -0.2) is 0 Å². The van der Waals surface area contributed by atoms with E-state index in [4.69, 9.17) is 31.7 Å². The minimum Gasteiger partial charge on any atom is -0.672 e. The Morgan fingerprint density at radius 1 is 0.520 bits per heavy atom. The molecule has 0 aromatic heterocycles. The number of halogens is 2. The second kappa shape index (κ2) is 7.45. The van der Waals surface area contributed by atoms with E-state index in [1.165, 1.54) is 77.0 Å². The third-order valence-electron chi connectivity index (χ3n) is 8.08. The van der Waals surface area contributed by atoms with Crippen molar-refractivity contribution in [2.24, 2.45) is 35.5 Å². The van der Waals surface area contributed by atoms with E-state index in [0.29, 0.717) is 0 Å². The van der Waals surface area contributed by atoms with Crippen molar-refractivity contribution in [2.75, 3.05) is 0 Å². The normalized spacial score (nSPS) is 53.9. The molecule has 0 heterocycles.